The van der Waals surface area contributed by atoms with Crippen LogP contribution in [-0.2, 0) is 4.79 Å². The lowest BCUT2D eigenvalue weighted by atomic mass is 10.00. The average Bonchev–Trinajstić information content (AvgIpc) is 3.12. The molecule has 1 saturated carbocycles. The van der Waals surface area contributed by atoms with Crippen molar-refractivity contribution in [1.82, 2.24) is 14.8 Å². The fourth-order valence-electron chi connectivity index (χ4n) is 2.83. The maximum absolute atomic E-state index is 12.2. The number of halogens is 2. The van der Waals surface area contributed by atoms with Gasteiger partial charge < -0.3 is 11.1 Å². The highest BCUT2D eigenvalue weighted by atomic mass is 35.5. The summed E-state index contributed by atoms with van der Waals surface area (Å²) in [7, 11) is 0. The molecule has 3 rings (SSSR count). The number of nitrogens with one attached hydrogen (secondary N) is 1. The molecule has 1 amide bonds. The summed E-state index contributed by atoms with van der Waals surface area (Å²) in [5.41, 5.74) is 6.69. The second-order valence-corrected chi connectivity index (χ2v) is 5.43. The SMILES string of the molecule is Cl.Cl.N[C@@H]1CCC[C@H]1CC(=O)Nc1cccnc1-n1cccn1. The predicted molar refractivity (Wildman–Crippen MR) is 94.4 cm³/mol. The molecule has 2 heterocycles. The minimum atomic E-state index is -0.0150. The second kappa shape index (κ2) is 8.86. The lowest BCUT2D eigenvalue weighted by Gasteiger charge is -2.15. The Labute approximate surface area is 147 Å². The second-order valence-electron chi connectivity index (χ2n) is 5.43. The van der Waals surface area contributed by atoms with Gasteiger partial charge in [0.05, 0.1) is 5.69 Å². The maximum atomic E-state index is 12.2. The third-order valence-electron chi connectivity index (χ3n) is 3.95. The van der Waals surface area contributed by atoms with Gasteiger partial charge in [-0.25, -0.2) is 9.67 Å². The molecule has 126 valence electrons. The predicted octanol–water partition coefficient (Wildman–Crippen LogP) is 2.57. The molecule has 2 aromatic rings. The van der Waals surface area contributed by atoms with Crippen molar-refractivity contribution in [2.75, 3.05) is 5.32 Å². The summed E-state index contributed by atoms with van der Waals surface area (Å²) in [5, 5.41) is 7.08. The number of aromatic nitrogens is 3. The van der Waals surface area contributed by atoms with Crippen molar-refractivity contribution >= 4 is 36.4 Å². The zero-order valence-electron chi connectivity index (χ0n) is 12.6. The Morgan fingerprint density at radius 3 is 2.78 bits per heavy atom. The first-order chi connectivity index (χ1) is 10.2. The van der Waals surface area contributed by atoms with Crippen molar-refractivity contribution in [2.24, 2.45) is 11.7 Å². The Morgan fingerprint density at radius 1 is 1.30 bits per heavy atom. The first-order valence-corrected chi connectivity index (χ1v) is 7.24. The molecular weight excluding hydrogens is 337 g/mol. The van der Waals surface area contributed by atoms with Gasteiger partial charge in [0.2, 0.25) is 5.91 Å². The minimum Gasteiger partial charge on any atom is -0.327 e. The molecule has 8 heteroatoms. The van der Waals surface area contributed by atoms with Crippen LogP contribution >= 0.6 is 24.8 Å². The largest absolute Gasteiger partial charge is 0.327 e. The number of carbonyl (C=O) groups is 1. The van der Waals surface area contributed by atoms with Crippen molar-refractivity contribution in [2.45, 2.75) is 31.7 Å². The zero-order chi connectivity index (χ0) is 14.7. The highest BCUT2D eigenvalue weighted by Crippen LogP contribution is 2.27. The van der Waals surface area contributed by atoms with Gasteiger partial charge >= 0.3 is 0 Å². The van der Waals surface area contributed by atoms with Crippen LogP contribution in [0.2, 0.25) is 0 Å². The average molecular weight is 358 g/mol. The van der Waals surface area contributed by atoms with Gasteiger partial charge in [0.25, 0.3) is 0 Å². The Hall–Kier alpha value is -1.63. The molecule has 6 nitrogen and oxygen atoms in total. The first kappa shape index (κ1) is 19.4. The Morgan fingerprint density at radius 2 is 2.13 bits per heavy atom. The lowest BCUT2D eigenvalue weighted by Crippen LogP contribution is -2.28. The number of hydrogen-bond acceptors (Lipinski definition) is 4. The lowest BCUT2D eigenvalue weighted by molar-refractivity contribution is -0.117. The number of anilines is 1. The van der Waals surface area contributed by atoms with E-state index in [0.717, 1.165) is 19.3 Å². The fraction of sp³-hybridized carbons (Fsp3) is 0.400. The highest BCUT2D eigenvalue weighted by molar-refractivity contribution is 5.92. The minimum absolute atomic E-state index is 0. The number of amides is 1. The van der Waals surface area contributed by atoms with Crippen LogP contribution in [0.1, 0.15) is 25.7 Å². The van der Waals surface area contributed by atoms with Gasteiger partial charge in [-0.3, -0.25) is 4.79 Å². The van der Waals surface area contributed by atoms with Crippen molar-refractivity contribution in [3.63, 3.8) is 0 Å². The number of nitrogens with zero attached hydrogens (tertiary/aromatic N) is 3. The molecule has 23 heavy (non-hydrogen) atoms. The van der Waals surface area contributed by atoms with Gasteiger partial charge in [0, 0.05) is 31.1 Å². The van der Waals surface area contributed by atoms with Crippen LogP contribution < -0.4 is 11.1 Å². The summed E-state index contributed by atoms with van der Waals surface area (Å²) in [4.78, 5) is 16.5. The van der Waals surface area contributed by atoms with Crippen LogP contribution in [0.4, 0.5) is 5.69 Å². The van der Waals surface area contributed by atoms with Crippen LogP contribution in [0.25, 0.3) is 5.82 Å². The quantitative estimate of drug-likeness (QED) is 0.880. The standard InChI is InChI=1S/C15H19N5O.2ClH/c16-12-5-1-4-11(12)10-14(21)19-13-6-2-7-17-15(13)20-9-3-8-18-20;;/h2-3,6-9,11-12H,1,4-5,10,16H2,(H,19,21);2*1H/t11-,12+;;/m0../s1. The maximum Gasteiger partial charge on any atom is 0.224 e. The normalized spacial score (nSPS) is 19.5. The summed E-state index contributed by atoms with van der Waals surface area (Å²) < 4.78 is 1.64. The first-order valence-electron chi connectivity index (χ1n) is 7.24. The monoisotopic (exact) mass is 357 g/mol. The summed E-state index contributed by atoms with van der Waals surface area (Å²) in [6, 6.07) is 5.59. The third kappa shape index (κ3) is 4.67. The van der Waals surface area contributed by atoms with Gasteiger partial charge in [-0.1, -0.05) is 6.42 Å². The molecule has 0 radical (unpaired) electrons. The van der Waals surface area contributed by atoms with E-state index in [1.165, 1.54) is 0 Å². The molecule has 3 N–H and O–H groups in total. The summed E-state index contributed by atoms with van der Waals surface area (Å²) >= 11 is 0. The molecule has 0 spiro atoms. The van der Waals surface area contributed by atoms with Gasteiger partial charge in [-0.2, -0.15) is 5.10 Å². The third-order valence-corrected chi connectivity index (χ3v) is 3.95. The molecule has 1 aliphatic rings. The van der Waals surface area contributed by atoms with E-state index in [1.54, 1.807) is 29.3 Å². The molecule has 0 aromatic carbocycles. The van der Waals surface area contributed by atoms with Gasteiger partial charge in [-0.15, -0.1) is 24.8 Å². The molecule has 2 aromatic heterocycles. The number of rotatable bonds is 4. The van der Waals surface area contributed by atoms with E-state index in [2.05, 4.69) is 15.4 Å². The van der Waals surface area contributed by atoms with Gasteiger partial charge in [0.1, 0.15) is 0 Å². The van der Waals surface area contributed by atoms with E-state index >= 15 is 0 Å². The van der Waals surface area contributed by atoms with Crippen LogP contribution in [0.15, 0.2) is 36.8 Å². The van der Waals surface area contributed by atoms with Crippen molar-refractivity contribution in [3.8, 4) is 5.82 Å². The number of hydrogen-bond donors (Lipinski definition) is 2. The van der Waals surface area contributed by atoms with Gasteiger partial charge in [0.15, 0.2) is 5.82 Å². The van der Waals surface area contributed by atoms with Crippen LogP contribution in [0.5, 0.6) is 0 Å². The molecule has 1 aliphatic carbocycles. The van der Waals surface area contributed by atoms with Crippen molar-refractivity contribution in [3.05, 3.63) is 36.8 Å². The molecule has 1 fully saturated rings. The van der Waals surface area contributed by atoms with Crippen molar-refractivity contribution in [1.29, 1.82) is 0 Å². The van der Waals surface area contributed by atoms with Crippen LogP contribution in [0, 0.1) is 5.92 Å². The molecule has 0 unspecified atom stereocenters. The van der Waals surface area contributed by atoms with E-state index in [1.807, 2.05) is 12.1 Å². The van der Waals surface area contributed by atoms with Crippen LogP contribution in [-0.4, -0.2) is 26.7 Å². The molecule has 2 atom stereocenters. The number of pyridine rings is 1. The number of carbonyl (C=O) groups excluding carboxylic acids is 1. The van der Waals surface area contributed by atoms with E-state index < -0.39 is 0 Å². The molecule has 0 bridgehead atoms. The van der Waals surface area contributed by atoms with Crippen molar-refractivity contribution < 1.29 is 4.79 Å². The fourth-order valence-corrected chi connectivity index (χ4v) is 2.83. The van der Waals surface area contributed by atoms with E-state index in [-0.39, 0.29) is 42.7 Å². The summed E-state index contributed by atoms with van der Waals surface area (Å²) in [5.74, 6) is 0.889. The van der Waals surface area contributed by atoms with E-state index in [9.17, 15) is 4.79 Å². The highest BCUT2D eigenvalue weighted by Gasteiger charge is 2.26. The topological polar surface area (TPSA) is 85.8 Å². The van der Waals surface area contributed by atoms with E-state index in [4.69, 9.17) is 5.73 Å². The molecular formula is C15H21Cl2N5O. The Bertz CT molecular complexity index is 620. The number of nitrogens with two attached hydrogens (primary N) is 1. The molecule has 0 saturated heterocycles. The van der Waals surface area contributed by atoms with Gasteiger partial charge in [-0.05, 0) is 37.0 Å². The van der Waals surface area contributed by atoms with Crippen LogP contribution in [0.3, 0.4) is 0 Å². The summed E-state index contributed by atoms with van der Waals surface area (Å²) in [6.45, 7) is 0. The summed E-state index contributed by atoms with van der Waals surface area (Å²) in [6.07, 6.45) is 8.79. The smallest absolute Gasteiger partial charge is 0.224 e. The zero-order valence-corrected chi connectivity index (χ0v) is 14.2. The molecule has 0 aliphatic heterocycles. The Balaban J connectivity index is 0.00000132. The van der Waals surface area contributed by atoms with E-state index in [0.29, 0.717) is 17.9 Å². The Kier molecular flexibility index (Phi) is 7.48.